The van der Waals surface area contributed by atoms with E-state index in [1.165, 1.54) is 8.61 Å². The SMILES string of the molecule is CC(C)N(C)S(=O)(=O)N(C)C[C@@H]1COc2ccccc2O1. The van der Waals surface area contributed by atoms with E-state index in [0.717, 1.165) is 0 Å². The maximum atomic E-state index is 12.3. The van der Waals surface area contributed by atoms with E-state index >= 15 is 0 Å². The maximum absolute atomic E-state index is 12.3. The van der Waals surface area contributed by atoms with Gasteiger partial charge >= 0.3 is 0 Å². The molecule has 6 nitrogen and oxygen atoms in total. The van der Waals surface area contributed by atoms with E-state index in [4.69, 9.17) is 9.47 Å². The summed E-state index contributed by atoms with van der Waals surface area (Å²) in [5.74, 6) is 1.34. The molecule has 21 heavy (non-hydrogen) atoms. The zero-order valence-corrected chi connectivity index (χ0v) is 13.6. The first-order chi connectivity index (χ1) is 9.82. The molecule has 1 atom stereocenters. The third kappa shape index (κ3) is 3.48. The molecule has 1 aliphatic rings. The number of hydrogen-bond acceptors (Lipinski definition) is 4. The molecule has 0 amide bonds. The van der Waals surface area contributed by atoms with Crippen LogP contribution in [0.15, 0.2) is 24.3 Å². The molecule has 1 aliphatic heterocycles. The van der Waals surface area contributed by atoms with Crippen molar-refractivity contribution in [1.82, 2.24) is 8.61 Å². The van der Waals surface area contributed by atoms with Gasteiger partial charge in [0, 0.05) is 20.1 Å². The molecule has 0 saturated carbocycles. The van der Waals surface area contributed by atoms with E-state index in [9.17, 15) is 8.42 Å². The molecule has 0 aromatic heterocycles. The van der Waals surface area contributed by atoms with Crippen LogP contribution in [0.2, 0.25) is 0 Å². The van der Waals surface area contributed by atoms with Crippen LogP contribution in [0.5, 0.6) is 11.5 Å². The van der Waals surface area contributed by atoms with Crippen LogP contribution in [-0.2, 0) is 10.2 Å². The van der Waals surface area contributed by atoms with Crippen LogP contribution in [0.1, 0.15) is 13.8 Å². The lowest BCUT2D eigenvalue weighted by Crippen LogP contribution is -2.48. The minimum Gasteiger partial charge on any atom is -0.486 e. The average Bonchev–Trinajstić information content (AvgIpc) is 2.46. The Labute approximate surface area is 126 Å². The number of para-hydroxylation sites is 2. The van der Waals surface area contributed by atoms with Gasteiger partial charge in [0.05, 0.1) is 6.54 Å². The van der Waals surface area contributed by atoms with Crippen molar-refractivity contribution in [3.8, 4) is 11.5 Å². The highest BCUT2D eigenvalue weighted by Crippen LogP contribution is 2.31. The van der Waals surface area contributed by atoms with Crippen molar-refractivity contribution in [1.29, 1.82) is 0 Å². The molecule has 118 valence electrons. The minimum atomic E-state index is -3.48. The van der Waals surface area contributed by atoms with Crippen molar-refractivity contribution in [2.75, 3.05) is 27.2 Å². The van der Waals surface area contributed by atoms with Gasteiger partial charge in [0.25, 0.3) is 10.2 Å². The highest BCUT2D eigenvalue weighted by Gasteiger charge is 2.30. The third-order valence-electron chi connectivity index (χ3n) is 3.51. The molecule has 1 aromatic carbocycles. The second kappa shape index (κ2) is 6.21. The van der Waals surface area contributed by atoms with Crippen molar-refractivity contribution in [2.24, 2.45) is 0 Å². The molecule has 0 aliphatic carbocycles. The fourth-order valence-electron chi connectivity index (χ4n) is 2.02. The molecule has 0 bridgehead atoms. The van der Waals surface area contributed by atoms with Gasteiger partial charge in [-0.3, -0.25) is 0 Å². The lowest BCUT2D eigenvalue weighted by atomic mass is 10.2. The normalized spacial score (nSPS) is 18.5. The molecule has 7 heteroatoms. The smallest absolute Gasteiger partial charge is 0.281 e. The standard InChI is InChI=1S/C14H22N2O4S/c1-11(2)16(4)21(17,18)15(3)9-12-10-19-13-7-5-6-8-14(13)20-12/h5-8,11-12H,9-10H2,1-4H3/t12-/m1/s1. The van der Waals surface area contributed by atoms with Crippen LogP contribution in [-0.4, -0.2) is 56.4 Å². The van der Waals surface area contributed by atoms with Crippen LogP contribution in [0.25, 0.3) is 0 Å². The molecule has 0 unspecified atom stereocenters. The Balaban J connectivity index is 2.03. The van der Waals surface area contributed by atoms with Crippen LogP contribution in [0, 0.1) is 0 Å². The molecule has 1 heterocycles. The Hall–Kier alpha value is -1.31. The maximum Gasteiger partial charge on any atom is 0.281 e. The Kier molecular flexibility index (Phi) is 4.75. The minimum absolute atomic E-state index is 0.0956. The van der Waals surface area contributed by atoms with Crippen molar-refractivity contribution in [3.63, 3.8) is 0 Å². The fourth-order valence-corrected chi connectivity index (χ4v) is 3.35. The van der Waals surface area contributed by atoms with Gasteiger partial charge in [0.2, 0.25) is 0 Å². The molecule has 0 radical (unpaired) electrons. The lowest BCUT2D eigenvalue weighted by molar-refractivity contribution is 0.0787. The lowest BCUT2D eigenvalue weighted by Gasteiger charge is -2.32. The van der Waals surface area contributed by atoms with E-state index in [2.05, 4.69) is 0 Å². The summed E-state index contributed by atoms with van der Waals surface area (Å²) in [5.41, 5.74) is 0. The summed E-state index contributed by atoms with van der Waals surface area (Å²) in [7, 11) is -0.357. The van der Waals surface area contributed by atoms with Gasteiger partial charge in [-0.2, -0.15) is 17.0 Å². The number of rotatable bonds is 5. The largest absolute Gasteiger partial charge is 0.486 e. The second-order valence-electron chi connectivity index (χ2n) is 5.40. The van der Waals surface area contributed by atoms with Crippen molar-refractivity contribution < 1.29 is 17.9 Å². The summed E-state index contributed by atoms with van der Waals surface area (Å²) < 4.78 is 38.7. The van der Waals surface area contributed by atoms with Gasteiger partial charge < -0.3 is 9.47 Å². The number of benzene rings is 1. The van der Waals surface area contributed by atoms with Gasteiger partial charge in [-0.25, -0.2) is 0 Å². The summed E-state index contributed by atoms with van der Waals surface area (Å²) in [6, 6.07) is 7.28. The summed E-state index contributed by atoms with van der Waals surface area (Å²) in [6.45, 7) is 4.25. The van der Waals surface area contributed by atoms with E-state index in [0.29, 0.717) is 18.1 Å². The Morgan fingerprint density at radius 1 is 1.24 bits per heavy atom. The predicted molar refractivity (Wildman–Crippen MR) is 80.8 cm³/mol. The first-order valence-electron chi connectivity index (χ1n) is 6.90. The Bertz CT molecular complexity index is 588. The van der Waals surface area contributed by atoms with Gasteiger partial charge in [0.15, 0.2) is 11.5 Å². The molecule has 2 rings (SSSR count). The fraction of sp³-hybridized carbons (Fsp3) is 0.571. The number of fused-ring (bicyclic) bond motifs is 1. The van der Waals surface area contributed by atoms with E-state index < -0.39 is 10.2 Å². The monoisotopic (exact) mass is 314 g/mol. The highest BCUT2D eigenvalue weighted by molar-refractivity contribution is 7.86. The first kappa shape index (κ1) is 16.1. The van der Waals surface area contributed by atoms with Crippen LogP contribution in [0.4, 0.5) is 0 Å². The third-order valence-corrected chi connectivity index (χ3v) is 5.60. The topological polar surface area (TPSA) is 59.1 Å². The van der Waals surface area contributed by atoms with Crippen molar-refractivity contribution in [2.45, 2.75) is 26.0 Å². The zero-order valence-electron chi connectivity index (χ0n) is 12.8. The van der Waals surface area contributed by atoms with E-state index in [-0.39, 0.29) is 18.7 Å². The number of hydrogen-bond donors (Lipinski definition) is 0. The Morgan fingerprint density at radius 2 is 1.86 bits per heavy atom. The van der Waals surface area contributed by atoms with Gasteiger partial charge in [-0.1, -0.05) is 12.1 Å². The molecule has 0 spiro atoms. The van der Waals surface area contributed by atoms with Crippen LogP contribution >= 0.6 is 0 Å². The average molecular weight is 314 g/mol. The first-order valence-corrected chi connectivity index (χ1v) is 8.30. The van der Waals surface area contributed by atoms with Crippen molar-refractivity contribution in [3.05, 3.63) is 24.3 Å². The summed E-state index contributed by atoms with van der Waals surface area (Å²) in [5, 5.41) is 0. The summed E-state index contributed by atoms with van der Waals surface area (Å²) >= 11 is 0. The molecule has 0 saturated heterocycles. The van der Waals surface area contributed by atoms with E-state index in [1.54, 1.807) is 14.1 Å². The van der Waals surface area contributed by atoms with Gasteiger partial charge in [-0.05, 0) is 26.0 Å². The zero-order chi connectivity index (χ0) is 15.6. The molecule has 1 aromatic rings. The number of nitrogens with zero attached hydrogens (tertiary/aromatic N) is 2. The molecular weight excluding hydrogens is 292 g/mol. The second-order valence-corrected chi connectivity index (χ2v) is 7.49. The van der Waals surface area contributed by atoms with Crippen molar-refractivity contribution >= 4 is 10.2 Å². The Morgan fingerprint density at radius 3 is 2.48 bits per heavy atom. The van der Waals surface area contributed by atoms with E-state index in [1.807, 2.05) is 38.1 Å². The molecular formula is C14H22N2O4S. The van der Waals surface area contributed by atoms with Crippen LogP contribution < -0.4 is 9.47 Å². The molecule has 0 N–H and O–H groups in total. The summed E-state index contributed by atoms with van der Waals surface area (Å²) in [4.78, 5) is 0. The number of likely N-dealkylation sites (N-methyl/N-ethyl adjacent to an activating group) is 1. The van der Waals surface area contributed by atoms with Crippen LogP contribution in [0.3, 0.4) is 0 Å². The number of ether oxygens (including phenoxy) is 2. The highest BCUT2D eigenvalue weighted by atomic mass is 32.2. The molecule has 0 fully saturated rings. The quantitative estimate of drug-likeness (QED) is 0.823. The van der Waals surface area contributed by atoms with Gasteiger partial charge in [0.1, 0.15) is 12.7 Å². The predicted octanol–water partition coefficient (Wildman–Crippen LogP) is 1.34. The van der Waals surface area contributed by atoms with Gasteiger partial charge in [-0.15, -0.1) is 0 Å². The summed E-state index contributed by atoms with van der Waals surface area (Å²) in [6.07, 6.45) is -0.319.